The highest BCUT2D eigenvalue weighted by Gasteiger charge is 2.36. The van der Waals surface area contributed by atoms with Gasteiger partial charge in [-0.25, -0.2) is 4.68 Å². The minimum absolute atomic E-state index is 0.0706. The van der Waals surface area contributed by atoms with E-state index >= 15 is 0 Å². The molecule has 2 unspecified atom stereocenters. The van der Waals surface area contributed by atoms with Gasteiger partial charge in [-0.05, 0) is 105 Å². The van der Waals surface area contributed by atoms with Gasteiger partial charge in [0.05, 0.1) is 12.2 Å². The number of allylic oxidation sites excluding steroid dienone is 1. The first kappa shape index (κ1) is 21.6. The maximum atomic E-state index is 9.87. The maximum Gasteiger partial charge on any atom is 0.115 e. The average molecular weight is 455 g/mol. The normalized spacial score (nSPS) is 25.8. The topological polar surface area (TPSA) is 54.2 Å². The lowest BCUT2D eigenvalue weighted by molar-refractivity contribution is 0.0985. The van der Waals surface area contributed by atoms with Gasteiger partial charge < -0.3 is 5.11 Å². The average Bonchev–Trinajstić information content (AvgIpc) is 3.52. The zero-order valence-electron chi connectivity index (χ0n) is 20.0. The molecule has 0 bridgehead atoms. The smallest absolute Gasteiger partial charge is 0.115 e. The minimum Gasteiger partial charge on any atom is -0.508 e. The first-order valence-electron chi connectivity index (χ1n) is 12.8. The van der Waals surface area contributed by atoms with Crippen LogP contribution in [0.15, 0.2) is 60.8 Å². The summed E-state index contributed by atoms with van der Waals surface area (Å²) in [6, 6.07) is 16.9. The first-order chi connectivity index (χ1) is 16.6. The van der Waals surface area contributed by atoms with Crippen molar-refractivity contribution in [3.8, 4) is 5.75 Å². The molecule has 1 fully saturated rings. The SMILES string of the molecule is CC1(N2CCC(c3cccc(O)c3)CC2)C=C(c2cn(C3CCc4ccccc43)nn2)CCC1. The molecule has 3 aliphatic rings. The van der Waals surface area contributed by atoms with E-state index in [0.717, 1.165) is 50.9 Å². The van der Waals surface area contributed by atoms with Crippen molar-refractivity contribution in [3.05, 3.63) is 83.2 Å². The number of phenols is 1. The highest BCUT2D eigenvalue weighted by atomic mass is 16.3. The summed E-state index contributed by atoms with van der Waals surface area (Å²) in [5.74, 6) is 0.911. The third-order valence-electron chi connectivity index (χ3n) is 8.43. The Labute approximate surface area is 202 Å². The van der Waals surface area contributed by atoms with Crippen LogP contribution < -0.4 is 0 Å². The largest absolute Gasteiger partial charge is 0.508 e. The summed E-state index contributed by atoms with van der Waals surface area (Å²) in [6.45, 7) is 4.58. The van der Waals surface area contributed by atoms with E-state index in [1.807, 2.05) is 12.1 Å². The standard InChI is InChI=1S/C29H34N4O/c1-29(32-16-13-21(14-17-32)23-7-4-9-25(34)18-23)15-5-8-24(19-29)27-20-33(31-30-27)28-12-11-22-6-2-3-10-26(22)28/h2-4,6-7,9-10,18-21,28,34H,5,8,11-17H2,1H3. The van der Waals surface area contributed by atoms with Gasteiger partial charge in [0.25, 0.3) is 0 Å². The molecule has 0 amide bonds. The lowest BCUT2D eigenvalue weighted by Crippen LogP contribution is -2.49. The molecular weight excluding hydrogens is 420 g/mol. The van der Waals surface area contributed by atoms with Crippen LogP contribution in [-0.4, -0.2) is 43.6 Å². The maximum absolute atomic E-state index is 9.87. The number of aryl methyl sites for hydroxylation is 1. The molecular formula is C29H34N4O. The second-order valence-electron chi connectivity index (χ2n) is 10.6. The molecule has 1 aliphatic heterocycles. The van der Waals surface area contributed by atoms with Crippen molar-refractivity contribution in [2.24, 2.45) is 0 Å². The number of phenolic OH excluding ortho intramolecular Hbond substituents is 1. The Morgan fingerprint density at radius 1 is 1.00 bits per heavy atom. The molecule has 2 aromatic carbocycles. The van der Waals surface area contributed by atoms with Crippen LogP contribution in [0.5, 0.6) is 5.75 Å². The van der Waals surface area contributed by atoms with Crippen LogP contribution in [0.1, 0.15) is 79.8 Å². The molecule has 6 rings (SSSR count). The van der Waals surface area contributed by atoms with Crippen LogP contribution in [0.25, 0.3) is 5.57 Å². The number of aromatic hydroxyl groups is 1. The summed E-state index contributed by atoms with van der Waals surface area (Å²) in [5, 5.41) is 19.1. The van der Waals surface area contributed by atoms with E-state index in [1.165, 1.54) is 35.1 Å². The van der Waals surface area contributed by atoms with Gasteiger partial charge in [-0.1, -0.05) is 47.7 Å². The Morgan fingerprint density at radius 3 is 2.71 bits per heavy atom. The monoisotopic (exact) mass is 454 g/mol. The Morgan fingerprint density at radius 2 is 1.85 bits per heavy atom. The summed E-state index contributed by atoms with van der Waals surface area (Å²) in [4.78, 5) is 2.67. The van der Waals surface area contributed by atoms with E-state index in [2.05, 4.69) is 69.4 Å². The van der Waals surface area contributed by atoms with Crippen molar-refractivity contribution in [2.75, 3.05) is 13.1 Å². The fraction of sp³-hybridized carbons (Fsp3) is 0.448. The highest BCUT2D eigenvalue weighted by molar-refractivity contribution is 5.64. The van der Waals surface area contributed by atoms with Crippen molar-refractivity contribution in [2.45, 2.75) is 69.4 Å². The fourth-order valence-electron chi connectivity index (χ4n) is 6.50. The summed E-state index contributed by atoms with van der Waals surface area (Å²) < 4.78 is 2.09. The minimum atomic E-state index is 0.0706. The predicted octanol–water partition coefficient (Wildman–Crippen LogP) is 5.72. The van der Waals surface area contributed by atoms with Crippen LogP contribution in [-0.2, 0) is 6.42 Å². The molecule has 1 N–H and O–H groups in total. The van der Waals surface area contributed by atoms with Gasteiger partial charge in [0, 0.05) is 5.54 Å². The number of likely N-dealkylation sites (tertiary alicyclic amines) is 1. The quantitative estimate of drug-likeness (QED) is 0.547. The fourth-order valence-corrected chi connectivity index (χ4v) is 6.50. The summed E-state index contributed by atoms with van der Waals surface area (Å²) >= 11 is 0. The number of benzene rings is 2. The number of aromatic nitrogens is 3. The Balaban J connectivity index is 1.18. The zero-order chi connectivity index (χ0) is 23.1. The third-order valence-corrected chi connectivity index (χ3v) is 8.43. The van der Waals surface area contributed by atoms with Gasteiger partial charge in [-0.2, -0.15) is 0 Å². The van der Waals surface area contributed by atoms with Gasteiger partial charge in [0.2, 0.25) is 0 Å². The van der Waals surface area contributed by atoms with Gasteiger partial charge in [0.15, 0.2) is 0 Å². The summed E-state index contributed by atoms with van der Waals surface area (Å²) in [6.07, 6.45) is 12.6. The number of nitrogens with zero attached hydrogens (tertiary/aromatic N) is 4. The third kappa shape index (κ3) is 3.96. The lowest BCUT2D eigenvalue weighted by atomic mass is 9.80. The Hall–Kier alpha value is -2.92. The molecule has 34 heavy (non-hydrogen) atoms. The molecule has 0 spiro atoms. The summed E-state index contributed by atoms with van der Waals surface area (Å²) in [7, 11) is 0. The molecule has 3 aromatic rings. The number of piperidine rings is 1. The second-order valence-corrected chi connectivity index (χ2v) is 10.6. The van der Waals surface area contributed by atoms with Crippen LogP contribution in [0.4, 0.5) is 0 Å². The van der Waals surface area contributed by atoms with Gasteiger partial charge in [-0.3, -0.25) is 4.90 Å². The molecule has 2 atom stereocenters. The first-order valence-corrected chi connectivity index (χ1v) is 12.8. The highest BCUT2D eigenvalue weighted by Crippen LogP contribution is 2.40. The van der Waals surface area contributed by atoms with Crippen LogP contribution in [0.3, 0.4) is 0 Å². The molecule has 176 valence electrons. The number of hydrogen-bond acceptors (Lipinski definition) is 4. The lowest BCUT2D eigenvalue weighted by Gasteiger charge is -2.45. The van der Waals surface area contributed by atoms with Gasteiger partial charge in [-0.15, -0.1) is 5.10 Å². The van der Waals surface area contributed by atoms with Crippen molar-refractivity contribution < 1.29 is 5.11 Å². The Kier molecular flexibility index (Phi) is 5.53. The van der Waals surface area contributed by atoms with E-state index < -0.39 is 0 Å². The molecule has 5 heteroatoms. The van der Waals surface area contributed by atoms with Crippen molar-refractivity contribution in [3.63, 3.8) is 0 Å². The second kappa shape index (κ2) is 8.70. The number of hydrogen-bond donors (Lipinski definition) is 1. The van der Waals surface area contributed by atoms with E-state index in [-0.39, 0.29) is 5.54 Å². The van der Waals surface area contributed by atoms with Crippen LogP contribution in [0, 0.1) is 0 Å². The molecule has 0 saturated carbocycles. The number of rotatable bonds is 4. The zero-order valence-corrected chi connectivity index (χ0v) is 20.0. The van der Waals surface area contributed by atoms with E-state index in [1.54, 1.807) is 6.07 Å². The van der Waals surface area contributed by atoms with E-state index in [9.17, 15) is 5.11 Å². The van der Waals surface area contributed by atoms with Crippen LogP contribution >= 0.6 is 0 Å². The molecule has 0 radical (unpaired) electrons. The van der Waals surface area contributed by atoms with Crippen molar-refractivity contribution in [1.29, 1.82) is 0 Å². The van der Waals surface area contributed by atoms with Gasteiger partial charge >= 0.3 is 0 Å². The van der Waals surface area contributed by atoms with Crippen molar-refractivity contribution >= 4 is 5.57 Å². The molecule has 5 nitrogen and oxygen atoms in total. The number of fused-ring (bicyclic) bond motifs is 1. The van der Waals surface area contributed by atoms with Crippen LogP contribution in [0.2, 0.25) is 0 Å². The van der Waals surface area contributed by atoms with Crippen molar-refractivity contribution in [1.82, 2.24) is 19.9 Å². The predicted molar refractivity (Wildman–Crippen MR) is 135 cm³/mol. The Bertz CT molecular complexity index is 1210. The van der Waals surface area contributed by atoms with E-state index in [4.69, 9.17) is 0 Å². The van der Waals surface area contributed by atoms with E-state index in [0.29, 0.717) is 17.7 Å². The molecule has 2 heterocycles. The summed E-state index contributed by atoms with van der Waals surface area (Å²) in [5.41, 5.74) is 6.58. The molecule has 2 aliphatic carbocycles. The molecule has 1 aromatic heterocycles. The molecule has 1 saturated heterocycles. The van der Waals surface area contributed by atoms with Gasteiger partial charge in [0.1, 0.15) is 11.4 Å².